The predicted molar refractivity (Wildman–Crippen MR) is 83.4 cm³/mol. The maximum absolute atomic E-state index is 11.5. The van der Waals surface area contributed by atoms with E-state index in [1.807, 2.05) is 65.3 Å². The molecule has 0 radical (unpaired) electrons. The Labute approximate surface area is 123 Å². The maximum Gasteiger partial charge on any atom is 0.134 e. The van der Waals surface area contributed by atoms with Gasteiger partial charge >= 0.3 is 0 Å². The number of Topliss-reactive ketones (excluding diaryl/α,β-unsaturated/α-hetero) is 1. The zero-order chi connectivity index (χ0) is 14.7. The van der Waals surface area contributed by atoms with Crippen molar-refractivity contribution in [3.63, 3.8) is 0 Å². The SMILES string of the molecule is CC(=O)Cc1cnn(-c2ccccc2)c1-c1ccccc1. The van der Waals surface area contributed by atoms with Gasteiger partial charge in [0.1, 0.15) is 5.78 Å². The van der Waals surface area contributed by atoms with Gasteiger partial charge in [0.25, 0.3) is 0 Å². The van der Waals surface area contributed by atoms with Gasteiger partial charge in [-0.25, -0.2) is 4.68 Å². The van der Waals surface area contributed by atoms with Crippen LogP contribution in [0.3, 0.4) is 0 Å². The van der Waals surface area contributed by atoms with Crippen molar-refractivity contribution in [1.82, 2.24) is 9.78 Å². The van der Waals surface area contributed by atoms with E-state index >= 15 is 0 Å². The minimum absolute atomic E-state index is 0.139. The van der Waals surface area contributed by atoms with E-state index < -0.39 is 0 Å². The summed E-state index contributed by atoms with van der Waals surface area (Å²) in [7, 11) is 0. The van der Waals surface area contributed by atoms with Gasteiger partial charge in [0.05, 0.1) is 17.6 Å². The van der Waals surface area contributed by atoms with Crippen LogP contribution < -0.4 is 0 Å². The van der Waals surface area contributed by atoms with Crippen LogP contribution in [0, 0.1) is 0 Å². The lowest BCUT2D eigenvalue weighted by Gasteiger charge is -2.09. The number of aromatic nitrogens is 2. The van der Waals surface area contributed by atoms with Crippen molar-refractivity contribution in [1.29, 1.82) is 0 Å². The maximum atomic E-state index is 11.5. The monoisotopic (exact) mass is 276 g/mol. The molecule has 1 heterocycles. The molecule has 104 valence electrons. The van der Waals surface area contributed by atoms with E-state index in [4.69, 9.17) is 0 Å². The van der Waals surface area contributed by atoms with Crippen LogP contribution in [0.1, 0.15) is 12.5 Å². The van der Waals surface area contributed by atoms with Crippen LogP contribution in [0.2, 0.25) is 0 Å². The van der Waals surface area contributed by atoms with Gasteiger partial charge in [-0.3, -0.25) is 4.79 Å². The third kappa shape index (κ3) is 2.77. The molecular weight excluding hydrogens is 260 g/mol. The van der Waals surface area contributed by atoms with Crippen molar-refractivity contribution in [3.8, 4) is 16.9 Å². The number of carbonyl (C=O) groups is 1. The van der Waals surface area contributed by atoms with Crippen LogP contribution in [0.15, 0.2) is 66.9 Å². The standard InChI is InChI=1S/C18H16N2O/c1-14(21)12-16-13-19-20(17-10-6-3-7-11-17)18(16)15-8-4-2-5-9-15/h2-11,13H,12H2,1H3. The average Bonchev–Trinajstić information content (AvgIpc) is 2.92. The van der Waals surface area contributed by atoms with E-state index in [1.165, 1.54) is 0 Å². The second kappa shape index (κ2) is 5.75. The van der Waals surface area contributed by atoms with Crippen LogP contribution in [-0.2, 0) is 11.2 Å². The van der Waals surface area contributed by atoms with Gasteiger partial charge in [-0.2, -0.15) is 5.10 Å². The zero-order valence-corrected chi connectivity index (χ0v) is 11.9. The second-order valence-electron chi connectivity index (χ2n) is 5.01. The van der Waals surface area contributed by atoms with E-state index in [1.54, 1.807) is 13.1 Å². The predicted octanol–water partition coefficient (Wildman–Crippen LogP) is 3.67. The van der Waals surface area contributed by atoms with E-state index in [2.05, 4.69) is 5.10 Å². The number of para-hydroxylation sites is 1. The van der Waals surface area contributed by atoms with Crippen LogP contribution >= 0.6 is 0 Å². The first-order valence-corrected chi connectivity index (χ1v) is 6.93. The van der Waals surface area contributed by atoms with Crippen LogP contribution in [-0.4, -0.2) is 15.6 Å². The summed E-state index contributed by atoms with van der Waals surface area (Å²) >= 11 is 0. The fourth-order valence-corrected chi connectivity index (χ4v) is 2.45. The molecule has 21 heavy (non-hydrogen) atoms. The quantitative estimate of drug-likeness (QED) is 0.728. The molecule has 2 aromatic carbocycles. The molecule has 3 aromatic rings. The molecule has 0 atom stereocenters. The van der Waals surface area contributed by atoms with E-state index in [0.29, 0.717) is 6.42 Å². The Morgan fingerprint density at radius 1 is 1.00 bits per heavy atom. The molecule has 0 amide bonds. The normalized spacial score (nSPS) is 10.5. The largest absolute Gasteiger partial charge is 0.300 e. The molecule has 0 aliphatic carbocycles. The summed E-state index contributed by atoms with van der Waals surface area (Å²) in [5, 5.41) is 4.48. The van der Waals surface area contributed by atoms with Crippen LogP contribution in [0.25, 0.3) is 16.9 Å². The highest BCUT2D eigenvalue weighted by Crippen LogP contribution is 2.27. The Balaban J connectivity index is 2.18. The fourth-order valence-electron chi connectivity index (χ4n) is 2.45. The lowest BCUT2D eigenvalue weighted by molar-refractivity contribution is -0.116. The number of benzene rings is 2. The van der Waals surface area contributed by atoms with Crippen molar-refractivity contribution in [3.05, 3.63) is 72.4 Å². The summed E-state index contributed by atoms with van der Waals surface area (Å²) in [4.78, 5) is 11.5. The summed E-state index contributed by atoms with van der Waals surface area (Å²) in [6.45, 7) is 1.61. The number of rotatable bonds is 4. The second-order valence-corrected chi connectivity index (χ2v) is 5.01. The van der Waals surface area contributed by atoms with Crippen LogP contribution in [0.4, 0.5) is 0 Å². The third-order valence-corrected chi connectivity index (χ3v) is 3.33. The number of ketones is 1. The summed E-state index contributed by atoms with van der Waals surface area (Å²) in [5.74, 6) is 0.139. The first-order valence-electron chi connectivity index (χ1n) is 6.93. The van der Waals surface area contributed by atoms with E-state index in [9.17, 15) is 4.79 Å². The molecule has 3 heteroatoms. The molecule has 0 saturated carbocycles. The summed E-state index contributed by atoms with van der Waals surface area (Å²) in [6.07, 6.45) is 2.19. The summed E-state index contributed by atoms with van der Waals surface area (Å²) in [6, 6.07) is 20.0. The number of hydrogen-bond acceptors (Lipinski definition) is 2. The molecule has 0 fully saturated rings. The Hall–Kier alpha value is -2.68. The van der Waals surface area contributed by atoms with Crippen molar-refractivity contribution in [2.45, 2.75) is 13.3 Å². The van der Waals surface area contributed by atoms with E-state index in [0.717, 1.165) is 22.5 Å². The first kappa shape index (κ1) is 13.3. The molecule has 0 aliphatic rings. The molecule has 0 unspecified atom stereocenters. The van der Waals surface area contributed by atoms with Crippen molar-refractivity contribution >= 4 is 5.78 Å². The highest BCUT2D eigenvalue weighted by Gasteiger charge is 2.15. The molecule has 0 N–H and O–H groups in total. The summed E-state index contributed by atoms with van der Waals surface area (Å²) in [5.41, 5.74) is 4.00. The number of nitrogens with zero attached hydrogens (tertiary/aromatic N) is 2. The minimum Gasteiger partial charge on any atom is -0.300 e. The van der Waals surface area contributed by atoms with Gasteiger partial charge in [0.2, 0.25) is 0 Å². The number of carbonyl (C=O) groups excluding carboxylic acids is 1. The van der Waals surface area contributed by atoms with Crippen LogP contribution in [0.5, 0.6) is 0 Å². The molecule has 1 aromatic heterocycles. The smallest absolute Gasteiger partial charge is 0.134 e. The third-order valence-electron chi connectivity index (χ3n) is 3.33. The van der Waals surface area contributed by atoms with Crippen molar-refractivity contribution in [2.24, 2.45) is 0 Å². The van der Waals surface area contributed by atoms with Gasteiger partial charge in [-0.15, -0.1) is 0 Å². The van der Waals surface area contributed by atoms with Gasteiger partial charge in [-0.05, 0) is 19.1 Å². The number of hydrogen-bond donors (Lipinski definition) is 0. The Bertz CT molecular complexity index is 745. The van der Waals surface area contributed by atoms with Gasteiger partial charge < -0.3 is 0 Å². The molecule has 3 rings (SSSR count). The lowest BCUT2D eigenvalue weighted by Crippen LogP contribution is -2.02. The lowest BCUT2D eigenvalue weighted by atomic mass is 10.0. The molecular formula is C18H16N2O. The Morgan fingerprint density at radius 2 is 1.62 bits per heavy atom. The molecule has 3 nitrogen and oxygen atoms in total. The van der Waals surface area contributed by atoms with Gasteiger partial charge in [0, 0.05) is 17.5 Å². The zero-order valence-electron chi connectivity index (χ0n) is 11.9. The molecule has 0 spiro atoms. The van der Waals surface area contributed by atoms with Crippen molar-refractivity contribution in [2.75, 3.05) is 0 Å². The van der Waals surface area contributed by atoms with Gasteiger partial charge in [-0.1, -0.05) is 48.5 Å². The Morgan fingerprint density at radius 3 is 2.24 bits per heavy atom. The highest BCUT2D eigenvalue weighted by atomic mass is 16.1. The van der Waals surface area contributed by atoms with Crippen molar-refractivity contribution < 1.29 is 4.79 Å². The van der Waals surface area contributed by atoms with E-state index in [-0.39, 0.29) is 5.78 Å². The first-order chi connectivity index (χ1) is 10.3. The molecule has 0 bridgehead atoms. The minimum atomic E-state index is 0.139. The fraction of sp³-hybridized carbons (Fsp3) is 0.111. The topological polar surface area (TPSA) is 34.9 Å². The van der Waals surface area contributed by atoms with Gasteiger partial charge in [0.15, 0.2) is 0 Å². The average molecular weight is 276 g/mol. The Kier molecular flexibility index (Phi) is 3.65. The molecule has 0 saturated heterocycles. The molecule has 0 aliphatic heterocycles. The summed E-state index contributed by atoms with van der Waals surface area (Å²) < 4.78 is 1.90. The highest BCUT2D eigenvalue weighted by molar-refractivity contribution is 5.81.